The van der Waals surface area contributed by atoms with Gasteiger partial charge < -0.3 is 29.9 Å². The van der Waals surface area contributed by atoms with Gasteiger partial charge >= 0.3 is 6.03 Å². The predicted molar refractivity (Wildman–Crippen MR) is 139 cm³/mol. The molecule has 196 valence electrons. The van der Waals surface area contributed by atoms with Crippen LogP contribution in [-0.4, -0.2) is 96.7 Å². The number of urea groups is 1. The molecule has 2 N–H and O–H groups in total. The summed E-state index contributed by atoms with van der Waals surface area (Å²) in [6, 6.07) is 7.31. The Morgan fingerprint density at radius 1 is 1.08 bits per heavy atom. The lowest BCUT2D eigenvalue weighted by atomic mass is 10.1. The van der Waals surface area contributed by atoms with Crippen LogP contribution in [-0.2, 0) is 14.3 Å². The summed E-state index contributed by atoms with van der Waals surface area (Å²) in [4.78, 5) is 37.9. The van der Waals surface area contributed by atoms with Gasteiger partial charge in [0.2, 0.25) is 5.91 Å². The van der Waals surface area contributed by atoms with Crippen LogP contribution in [0, 0.1) is 0 Å². The summed E-state index contributed by atoms with van der Waals surface area (Å²) in [6.07, 6.45) is 3.43. The summed E-state index contributed by atoms with van der Waals surface area (Å²) in [5.41, 5.74) is 2.30. The van der Waals surface area contributed by atoms with Crippen LogP contribution in [0.5, 0.6) is 0 Å². The lowest BCUT2D eigenvalue weighted by Gasteiger charge is -2.32. The van der Waals surface area contributed by atoms with Gasteiger partial charge in [-0.1, -0.05) is 0 Å². The van der Waals surface area contributed by atoms with E-state index in [0.717, 1.165) is 48.3 Å². The van der Waals surface area contributed by atoms with Crippen LogP contribution >= 0.6 is 0 Å². The molecule has 12 heteroatoms. The Morgan fingerprint density at radius 3 is 2.49 bits per heavy atom. The van der Waals surface area contributed by atoms with E-state index in [0.29, 0.717) is 37.8 Å². The van der Waals surface area contributed by atoms with Crippen LogP contribution in [0.25, 0.3) is 22.4 Å². The van der Waals surface area contributed by atoms with Crippen LogP contribution in [0.3, 0.4) is 0 Å². The average Bonchev–Trinajstić information content (AvgIpc) is 3.37. The molecule has 1 aromatic carbocycles. The molecule has 3 amide bonds. The topological polar surface area (TPSA) is 127 Å². The van der Waals surface area contributed by atoms with Gasteiger partial charge in [-0.25, -0.2) is 19.4 Å². The maximum atomic E-state index is 12.2. The van der Waals surface area contributed by atoms with Gasteiger partial charge in [0.1, 0.15) is 12.4 Å². The van der Waals surface area contributed by atoms with E-state index in [2.05, 4.69) is 15.5 Å². The molecule has 12 nitrogen and oxygen atoms in total. The number of nitrogens with zero attached hydrogens (tertiary/aromatic N) is 6. The summed E-state index contributed by atoms with van der Waals surface area (Å²) in [5, 5.41) is 11.0. The number of rotatable bonds is 6. The molecule has 5 rings (SSSR count). The number of hydrogen-bond donors (Lipinski definition) is 2. The highest BCUT2D eigenvalue weighted by atomic mass is 16.5. The number of methoxy groups -OCH3 is 1. The second-order valence-corrected chi connectivity index (χ2v) is 9.12. The molecule has 2 aliphatic rings. The van der Waals surface area contributed by atoms with Crippen LogP contribution in [0.1, 0.15) is 18.9 Å². The van der Waals surface area contributed by atoms with E-state index in [-0.39, 0.29) is 24.6 Å². The van der Waals surface area contributed by atoms with Gasteiger partial charge in [0.15, 0.2) is 11.5 Å². The summed E-state index contributed by atoms with van der Waals surface area (Å²) >= 11 is 0. The van der Waals surface area contributed by atoms with Crippen LogP contribution in [0.15, 0.2) is 30.5 Å². The minimum Gasteiger partial charge on any atom is -0.378 e. The summed E-state index contributed by atoms with van der Waals surface area (Å²) < 4.78 is 12.6. The average molecular weight is 509 g/mol. The molecular weight excluding hydrogens is 476 g/mol. The quantitative estimate of drug-likeness (QED) is 0.517. The number of likely N-dealkylation sites (tertiary alicyclic amines) is 1. The Hall–Kier alpha value is -3.77. The molecule has 0 unspecified atom stereocenters. The second-order valence-electron chi connectivity index (χ2n) is 9.12. The number of anilines is 2. The van der Waals surface area contributed by atoms with Crippen molar-refractivity contribution in [2.24, 2.45) is 0 Å². The van der Waals surface area contributed by atoms with Gasteiger partial charge in [0, 0.05) is 51.6 Å². The van der Waals surface area contributed by atoms with E-state index >= 15 is 0 Å². The molecule has 0 atom stereocenters. The monoisotopic (exact) mass is 508 g/mol. The van der Waals surface area contributed by atoms with Crippen molar-refractivity contribution in [3.05, 3.63) is 30.5 Å². The number of nitrogens with one attached hydrogen (secondary N) is 2. The Balaban J connectivity index is 1.47. The number of piperidine rings is 1. The molecular formula is C25H32N8O4. The van der Waals surface area contributed by atoms with Crippen molar-refractivity contribution in [2.45, 2.75) is 18.9 Å². The molecule has 2 aliphatic heterocycles. The molecule has 0 radical (unpaired) electrons. The molecule has 2 saturated heterocycles. The minimum absolute atomic E-state index is 0.0137. The van der Waals surface area contributed by atoms with Crippen molar-refractivity contribution in [1.29, 1.82) is 0 Å². The second kappa shape index (κ2) is 11.1. The smallest absolute Gasteiger partial charge is 0.318 e. The van der Waals surface area contributed by atoms with E-state index in [1.54, 1.807) is 7.05 Å². The maximum absolute atomic E-state index is 12.2. The maximum Gasteiger partial charge on any atom is 0.318 e. The lowest BCUT2D eigenvalue weighted by molar-refractivity contribution is -0.136. The fraction of sp³-hybridized carbons (Fsp3) is 0.480. The fourth-order valence-electron chi connectivity index (χ4n) is 4.79. The van der Waals surface area contributed by atoms with Gasteiger partial charge in [-0.3, -0.25) is 4.79 Å². The number of aromatic nitrogens is 4. The Morgan fingerprint density at radius 2 is 1.81 bits per heavy atom. The molecule has 0 spiro atoms. The highest BCUT2D eigenvalue weighted by molar-refractivity contribution is 5.90. The zero-order valence-electron chi connectivity index (χ0n) is 21.1. The van der Waals surface area contributed by atoms with Crippen LogP contribution in [0.4, 0.5) is 16.3 Å². The predicted octanol–water partition coefficient (Wildman–Crippen LogP) is 1.89. The third kappa shape index (κ3) is 5.35. The number of fused-ring (bicyclic) bond motifs is 1. The first-order valence-electron chi connectivity index (χ1n) is 12.5. The van der Waals surface area contributed by atoms with Crippen LogP contribution in [0.2, 0.25) is 0 Å². The van der Waals surface area contributed by atoms with Gasteiger partial charge in [0.05, 0.1) is 30.8 Å². The summed E-state index contributed by atoms with van der Waals surface area (Å²) in [5.74, 6) is 1.45. The normalized spacial score (nSPS) is 16.7. The highest BCUT2D eigenvalue weighted by Gasteiger charge is 2.27. The Labute approximate surface area is 214 Å². The van der Waals surface area contributed by atoms with Crippen molar-refractivity contribution in [1.82, 2.24) is 30.0 Å². The van der Waals surface area contributed by atoms with Crippen molar-refractivity contribution in [3.63, 3.8) is 0 Å². The molecule has 37 heavy (non-hydrogen) atoms. The van der Waals surface area contributed by atoms with E-state index in [4.69, 9.17) is 24.5 Å². The van der Waals surface area contributed by atoms with E-state index in [9.17, 15) is 9.59 Å². The Bertz CT molecular complexity index is 1250. The van der Waals surface area contributed by atoms with Crippen molar-refractivity contribution in [2.75, 3.05) is 70.4 Å². The first-order valence-corrected chi connectivity index (χ1v) is 12.5. The van der Waals surface area contributed by atoms with E-state index in [1.165, 1.54) is 7.11 Å². The molecule has 2 fully saturated rings. The molecule has 0 saturated carbocycles. The standard InChI is InChI=1S/C25H32N8O4/c1-26-25(35)28-18-5-3-17(4-6-18)22-29-23(32-11-13-37-14-12-32)20-15-27-33(24(20)30-22)19-7-9-31(10-8-19)21(34)16-36-2/h3-6,15,19H,7-14,16H2,1-2H3,(H2,26,28,35). The van der Waals surface area contributed by atoms with Gasteiger partial charge in [-0.05, 0) is 37.1 Å². The molecule has 0 bridgehead atoms. The highest BCUT2D eigenvalue weighted by Crippen LogP contribution is 2.32. The SMILES string of the molecule is CNC(=O)Nc1ccc(-c2nc(N3CCOCC3)c3cnn(C4CCN(C(=O)COC)CC4)c3n2)cc1. The van der Waals surface area contributed by atoms with Crippen LogP contribution < -0.4 is 15.5 Å². The zero-order valence-corrected chi connectivity index (χ0v) is 21.1. The molecule has 3 aromatic rings. The summed E-state index contributed by atoms with van der Waals surface area (Å²) in [6.45, 7) is 4.18. The number of benzene rings is 1. The first-order chi connectivity index (χ1) is 18.1. The van der Waals surface area contributed by atoms with Gasteiger partial charge in [0.25, 0.3) is 0 Å². The number of hydrogen-bond acceptors (Lipinski definition) is 8. The largest absolute Gasteiger partial charge is 0.378 e. The first kappa shape index (κ1) is 24.9. The molecule has 2 aromatic heterocycles. The summed E-state index contributed by atoms with van der Waals surface area (Å²) in [7, 11) is 3.11. The number of ether oxygens (including phenoxy) is 2. The number of amides is 3. The number of carbonyl (C=O) groups excluding carboxylic acids is 2. The van der Waals surface area contributed by atoms with Crippen molar-refractivity contribution in [3.8, 4) is 11.4 Å². The third-order valence-corrected chi connectivity index (χ3v) is 6.80. The van der Waals surface area contributed by atoms with E-state index < -0.39 is 0 Å². The van der Waals surface area contributed by atoms with E-state index in [1.807, 2.05) is 40.0 Å². The molecule has 0 aliphatic carbocycles. The molecule has 4 heterocycles. The van der Waals surface area contributed by atoms with Crippen molar-refractivity contribution >= 4 is 34.5 Å². The minimum atomic E-state index is -0.279. The van der Waals surface area contributed by atoms with Gasteiger partial charge in [-0.15, -0.1) is 0 Å². The third-order valence-electron chi connectivity index (χ3n) is 6.80. The fourth-order valence-corrected chi connectivity index (χ4v) is 4.79. The number of morpholine rings is 1. The zero-order chi connectivity index (χ0) is 25.8. The lowest BCUT2D eigenvalue weighted by Crippen LogP contribution is -2.41. The Kier molecular flexibility index (Phi) is 7.47. The van der Waals surface area contributed by atoms with Crippen molar-refractivity contribution < 1.29 is 19.1 Å². The van der Waals surface area contributed by atoms with Gasteiger partial charge in [-0.2, -0.15) is 5.10 Å². The number of carbonyl (C=O) groups is 2.